The van der Waals surface area contributed by atoms with Gasteiger partial charge in [-0.1, -0.05) is 12.8 Å². The van der Waals surface area contributed by atoms with Crippen LogP contribution in [0.15, 0.2) is 0 Å². The van der Waals surface area contributed by atoms with Crippen molar-refractivity contribution >= 4 is 17.9 Å². The Hall–Kier alpha value is -0.420. The zero-order valence-corrected chi connectivity index (χ0v) is 15.6. The summed E-state index contributed by atoms with van der Waals surface area (Å²) in [7, 11) is 0. The summed E-state index contributed by atoms with van der Waals surface area (Å²) in [6.07, 6.45) is 10.4. The molecule has 0 aromatic carbocycles. The molecule has 5 heteroatoms. The Balaban J connectivity index is 2.04. The van der Waals surface area contributed by atoms with Crippen LogP contribution in [0.2, 0.25) is 0 Å². The lowest BCUT2D eigenvalue weighted by Gasteiger charge is -2.21. The van der Waals surface area contributed by atoms with Crippen molar-refractivity contribution in [1.82, 2.24) is 10.6 Å². The zero-order valence-electron chi connectivity index (χ0n) is 14.7. The highest BCUT2D eigenvalue weighted by molar-refractivity contribution is 7.98. The second-order valence-corrected chi connectivity index (χ2v) is 8.20. The smallest absolute Gasteiger partial charge is 0.407 e. The fourth-order valence-corrected chi connectivity index (χ4v) is 3.30. The van der Waals surface area contributed by atoms with Crippen molar-refractivity contribution in [2.24, 2.45) is 0 Å². The molecular formula is C17H34N2O2S. The molecule has 1 aliphatic carbocycles. The number of nitrogens with one attached hydrogen (secondary N) is 2. The molecule has 0 aliphatic heterocycles. The van der Waals surface area contributed by atoms with Crippen LogP contribution in [-0.4, -0.2) is 42.3 Å². The van der Waals surface area contributed by atoms with Crippen LogP contribution in [0.25, 0.3) is 0 Å². The first-order valence-corrected chi connectivity index (χ1v) is 10.0. The SMILES string of the molecule is CSCCCCCCNC1CCC(NC(=O)OC(C)(C)C)C1. The topological polar surface area (TPSA) is 50.4 Å². The highest BCUT2D eigenvalue weighted by Gasteiger charge is 2.27. The van der Waals surface area contributed by atoms with Crippen molar-refractivity contribution in [1.29, 1.82) is 0 Å². The summed E-state index contributed by atoms with van der Waals surface area (Å²) in [4.78, 5) is 11.8. The number of rotatable bonds is 9. The van der Waals surface area contributed by atoms with Crippen LogP contribution in [0.4, 0.5) is 4.79 Å². The molecule has 0 saturated heterocycles. The number of hydrogen-bond donors (Lipinski definition) is 2. The van der Waals surface area contributed by atoms with Crippen LogP contribution in [0.1, 0.15) is 65.7 Å². The summed E-state index contributed by atoms with van der Waals surface area (Å²) < 4.78 is 5.31. The Labute approximate surface area is 140 Å². The Bertz CT molecular complexity index is 318. The number of alkyl carbamates (subject to hydrolysis) is 1. The summed E-state index contributed by atoms with van der Waals surface area (Å²) in [5.74, 6) is 1.29. The largest absolute Gasteiger partial charge is 0.444 e. The molecule has 2 N–H and O–H groups in total. The van der Waals surface area contributed by atoms with E-state index in [4.69, 9.17) is 4.74 Å². The predicted octanol–water partition coefficient (Wildman–Crippen LogP) is 3.95. The second kappa shape index (κ2) is 10.4. The third kappa shape index (κ3) is 9.57. The van der Waals surface area contributed by atoms with Gasteiger partial charge in [-0.3, -0.25) is 0 Å². The lowest BCUT2D eigenvalue weighted by atomic mass is 10.2. The molecule has 0 aromatic heterocycles. The molecule has 2 unspecified atom stereocenters. The summed E-state index contributed by atoms with van der Waals surface area (Å²) in [5.41, 5.74) is -0.420. The molecule has 1 fully saturated rings. The molecule has 1 aliphatic rings. The molecule has 1 saturated carbocycles. The van der Waals surface area contributed by atoms with Crippen molar-refractivity contribution in [2.45, 2.75) is 83.4 Å². The zero-order chi connectivity index (χ0) is 16.4. The van der Waals surface area contributed by atoms with E-state index in [-0.39, 0.29) is 12.1 Å². The van der Waals surface area contributed by atoms with Crippen molar-refractivity contribution in [3.05, 3.63) is 0 Å². The Morgan fingerprint density at radius 1 is 1.14 bits per heavy atom. The summed E-state index contributed by atoms with van der Waals surface area (Å²) in [5, 5.41) is 6.61. The first kappa shape index (κ1) is 19.6. The minimum atomic E-state index is -0.420. The van der Waals surface area contributed by atoms with Gasteiger partial charge in [-0.15, -0.1) is 0 Å². The van der Waals surface area contributed by atoms with E-state index in [1.807, 2.05) is 32.5 Å². The average molecular weight is 331 g/mol. The number of amides is 1. The van der Waals surface area contributed by atoms with Crippen molar-refractivity contribution in [3.8, 4) is 0 Å². The molecule has 0 aromatic rings. The number of unbranched alkanes of at least 4 members (excludes halogenated alkanes) is 3. The van der Waals surface area contributed by atoms with Crippen molar-refractivity contribution < 1.29 is 9.53 Å². The van der Waals surface area contributed by atoms with Crippen LogP contribution >= 0.6 is 11.8 Å². The molecule has 0 radical (unpaired) electrons. The molecule has 1 rings (SSSR count). The van der Waals surface area contributed by atoms with E-state index >= 15 is 0 Å². The molecule has 0 heterocycles. The van der Waals surface area contributed by atoms with Crippen LogP contribution in [0.3, 0.4) is 0 Å². The number of carbonyl (C=O) groups is 1. The van der Waals surface area contributed by atoms with Gasteiger partial charge in [0.1, 0.15) is 5.60 Å². The van der Waals surface area contributed by atoms with Gasteiger partial charge in [0.25, 0.3) is 0 Å². The van der Waals surface area contributed by atoms with E-state index in [0.717, 1.165) is 25.8 Å². The first-order valence-electron chi connectivity index (χ1n) is 8.62. The van der Waals surface area contributed by atoms with Crippen LogP contribution < -0.4 is 10.6 Å². The second-order valence-electron chi connectivity index (χ2n) is 7.21. The molecular weight excluding hydrogens is 296 g/mol. The minimum absolute atomic E-state index is 0.258. The highest BCUT2D eigenvalue weighted by atomic mass is 32.2. The number of hydrogen-bond acceptors (Lipinski definition) is 4. The van der Waals surface area contributed by atoms with Gasteiger partial charge in [-0.05, 0) is 71.4 Å². The fraction of sp³-hybridized carbons (Fsp3) is 0.941. The highest BCUT2D eigenvalue weighted by Crippen LogP contribution is 2.20. The van der Waals surface area contributed by atoms with E-state index in [1.165, 1.54) is 31.4 Å². The fourth-order valence-electron chi connectivity index (χ4n) is 2.80. The number of ether oxygens (including phenoxy) is 1. The lowest BCUT2D eigenvalue weighted by molar-refractivity contribution is 0.0505. The number of thioether (sulfide) groups is 1. The minimum Gasteiger partial charge on any atom is -0.444 e. The molecule has 2 atom stereocenters. The summed E-state index contributed by atoms with van der Waals surface area (Å²) >= 11 is 1.93. The standard InChI is InChI=1S/C17H34N2O2S/c1-17(2,3)21-16(20)19-15-10-9-14(13-15)18-11-7-5-6-8-12-22-4/h14-15,18H,5-13H2,1-4H3,(H,19,20). The van der Waals surface area contributed by atoms with Gasteiger partial charge in [0.2, 0.25) is 0 Å². The molecule has 0 bridgehead atoms. The molecule has 4 nitrogen and oxygen atoms in total. The van der Waals surface area contributed by atoms with Gasteiger partial charge in [-0.25, -0.2) is 4.79 Å². The van der Waals surface area contributed by atoms with Gasteiger partial charge >= 0.3 is 6.09 Å². The van der Waals surface area contributed by atoms with Gasteiger partial charge in [0.05, 0.1) is 0 Å². The summed E-state index contributed by atoms with van der Waals surface area (Å²) in [6, 6.07) is 0.806. The molecule has 0 spiro atoms. The van der Waals surface area contributed by atoms with E-state index in [0.29, 0.717) is 6.04 Å². The third-order valence-corrected chi connectivity index (χ3v) is 4.56. The quantitative estimate of drug-likeness (QED) is 0.629. The average Bonchev–Trinajstić information content (AvgIpc) is 2.83. The van der Waals surface area contributed by atoms with E-state index in [1.54, 1.807) is 0 Å². The van der Waals surface area contributed by atoms with E-state index in [2.05, 4.69) is 16.9 Å². The summed E-state index contributed by atoms with van der Waals surface area (Å²) in [6.45, 7) is 6.78. The maximum atomic E-state index is 11.8. The molecule has 1 amide bonds. The normalized spacial score (nSPS) is 21.8. The van der Waals surface area contributed by atoms with Crippen molar-refractivity contribution in [3.63, 3.8) is 0 Å². The first-order chi connectivity index (χ1) is 10.4. The molecule has 130 valence electrons. The van der Waals surface area contributed by atoms with Gasteiger partial charge < -0.3 is 15.4 Å². The monoisotopic (exact) mass is 330 g/mol. The van der Waals surface area contributed by atoms with Gasteiger partial charge in [0, 0.05) is 12.1 Å². The Morgan fingerprint density at radius 2 is 1.82 bits per heavy atom. The van der Waals surface area contributed by atoms with Gasteiger partial charge in [-0.2, -0.15) is 11.8 Å². The third-order valence-electron chi connectivity index (χ3n) is 3.86. The van der Waals surface area contributed by atoms with Crippen LogP contribution in [0, 0.1) is 0 Å². The van der Waals surface area contributed by atoms with Crippen LogP contribution in [-0.2, 0) is 4.74 Å². The van der Waals surface area contributed by atoms with E-state index < -0.39 is 5.60 Å². The van der Waals surface area contributed by atoms with E-state index in [9.17, 15) is 4.79 Å². The predicted molar refractivity (Wildman–Crippen MR) is 95.6 cm³/mol. The van der Waals surface area contributed by atoms with Gasteiger partial charge in [0.15, 0.2) is 0 Å². The van der Waals surface area contributed by atoms with Crippen molar-refractivity contribution in [2.75, 3.05) is 18.6 Å². The maximum Gasteiger partial charge on any atom is 0.407 e. The Morgan fingerprint density at radius 3 is 2.50 bits per heavy atom. The number of carbonyl (C=O) groups excluding carboxylic acids is 1. The molecule has 22 heavy (non-hydrogen) atoms. The van der Waals surface area contributed by atoms with Crippen LogP contribution in [0.5, 0.6) is 0 Å². The Kier molecular flexibility index (Phi) is 9.25. The maximum absolute atomic E-state index is 11.8. The lowest BCUT2D eigenvalue weighted by Crippen LogP contribution is -2.39.